The molecule has 26 heavy (non-hydrogen) atoms. The Morgan fingerprint density at radius 2 is 1.88 bits per heavy atom. The Hall–Kier alpha value is -3.09. The molecule has 2 N–H and O–H groups in total. The molecule has 0 aliphatic carbocycles. The van der Waals surface area contributed by atoms with E-state index in [1.54, 1.807) is 12.1 Å². The van der Waals surface area contributed by atoms with Crippen molar-refractivity contribution in [2.24, 2.45) is 0 Å². The quantitative estimate of drug-likeness (QED) is 0.712. The van der Waals surface area contributed by atoms with Crippen molar-refractivity contribution in [3.05, 3.63) is 54.2 Å². The van der Waals surface area contributed by atoms with Gasteiger partial charge in [-0.05, 0) is 45.0 Å². The van der Waals surface area contributed by atoms with Gasteiger partial charge in [0.25, 0.3) is 5.91 Å². The van der Waals surface area contributed by atoms with Crippen molar-refractivity contribution >= 4 is 22.8 Å². The first-order chi connectivity index (χ1) is 12.5. The predicted octanol–water partition coefficient (Wildman–Crippen LogP) is 2.64. The SMILES string of the molecule is CC(C)NC(=O)Cn1c(C(C)NC(=O)c2ccco2)nc2ccccc21. The zero-order valence-corrected chi connectivity index (χ0v) is 15.0. The minimum Gasteiger partial charge on any atom is -0.459 e. The van der Waals surface area contributed by atoms with E-state index in [9.17, 15) is 9.59 Å². The fourth-order valence-electron chi connectivity index (χ4n) is 2.84. The van der Waals surface area contributed by atoms with Gasteiger partial charge >= 0.3 is 0 Å². The molecule has 136 valence electrons. The molecule has 0 spiro atoms. The van der Waals surface area contributed by atoms with Gasteiger partial charge < -0.3 is 19.6 Å². The van der Waals surface area contributed by atoms with E-state index < -0.39 is 6.04 Å². The zero-order valence-electron chi connectivity index (χ0n) is 15.0. The first-order valence-electron chi connectivity index (χ1n) is 8.54. The number of para-hydroxylation sites is 2. The molecule has 0 saturated heterocycles. The predicted molar refractivity (Wildman–Crippen MR) is 97.6 cm³/mol. The number of aromatic nitrogens is 2. The smallest absolute Gasteiger partial charge is 0.287 e. The van der Waals surface area contributed by atoms with E-state index in [1.165, 1.54) is 6.26 Å². The number of carbonyl (C=O) groups excluding carboxylic acids is 2. The normalized spacial score (nSPS) is 12.3. The Kier molecular flexibility index (Phi) is 5.06. The van der Waals surface area contributed by atoms with E-state index in [2.05, 4.69) is 15.6 Å². The monoisotopic (exact) mass is 354 g/mol. The van der Waals surface area contributed by atoms with Gasteiger partial charge in [-0.1, -0.05) is 12.1 Å². The third-order valence-electron chi connectivity index (χ3n) is 3.92. The Morgan fingerprint density at radius 1 is 1.12 bits per heavy atom. The number of imidazole rings is 1. The first kappa shape index (κ1) is 17.7. The summed E-state index contributed by atoms with van der Waals surface area (Å²) in [4.78, 5) is 29.2. The van der Waals surface area contributed by atoms with Crippen molar-refractivity contribution in [3.63, 3.8) is 0 Å². The Labute approximate surface area is 151 Å². The lowest BCUT2D eigenvalue weighted by atomic mass is 10.3. The van der Waals surface area contributed by atoms with E-state index in [1.807, 2.05) is 49.6 Å². The number of furan rings is 1. The maximum Gasteiger partial charge on any atom is 0.287 e. The van der Waals surface area contributed by atoms with Crippen LogP contribution in [-0.2, 0) is 11.3 Å². The maximum atomic E-state index is 12.3. The van der Waals surface area contributed by atoms with Crippen LogP contribution in [0.5, 0.6) is 0 Å². The average Bonchev–Trinajstić information content (AvgIpc) is 3.22. The van der Waals surface area contributed by atoms with Crippen LogP contribution in [0.25, 0.3) is 11.0 Å². The molecule has 1 atom stereocenters. The van der Waals surface area contributed by atoms with Crippen molar-refractivity contribution in [3.8, 4) is 0 Å². The maximum absolute atomic E-state index is 12.3. The molecule has 1 aromatic carbocycles. The van der Waals surface area contributed by atoms with Crippen LogP contribution in [0.15, 0.2) is 47.1 Å². The Bertz CT molecular complexity index is 912. The summed E-state index contributed by atoms with van der Waals surface area (Å²) < 4.78 is 6.96. The van der Waals surface area contributed by atoms with Gasteiger partial charge in [0.05, 0.1) is 23.3 Å². The number of benzene rings is 1. The van der Waals surface area contributed by atoms with Crippen LogP contribution >= 0.6 is 0 Å². The van der Waals surface area contributed by atoms with E-state index in [0.717, 1.165) is 11.0 Å². The molecular formula is C19H22N4O3. The second-order valence-electron chi connectivity index (χ2n) is 6.44. The summed E-state index contributed by atoms with van der Waals surface area (Å²) in [5.41, 5.74) is 1.62. The van der Waals surface area contributed by atoms with Gasteiger partial charge in [-0.25, -0.2) is 4.98 Å². The third kappa shape index (κ3) is 3.77. The van der Waals surface area contributed by atoms with Crippen molar-refractivity contribution < 1.29 is 14.0 Å². The largest absolute Gasteiger partial charge is 0.459 e. The highest BCUT2D eigenvalue weighted by Crippen LogP contribution is 2.21. The van der Waals surface area contributed by atoms with Gasteiger partial charge in [0, 0.05) is 6.04 Å². The number of rotatable bonds is 6. The molecule has 0 radical (unpaired) electrons. The van der Waals surface area contributed by atoms with Crippen LogP contribution in [0.1, 0.15) is 43.2 Å². The summed E-state index contributed by atoms with van der Waals surface area (Å²) in [5, 5.41) is 5.75. The van der Waals surface area contributed by atoms with E-state index >= 15 is 0 Å². The van der Waals surface area contributed by atoms with Crippen LogP contribution in [0, 0.1) is 0 Å². The molecule has 7 heteroatoms. The second-order valence-corrected chi connectivity index (χ2v) is 6.44. The standard InChI is InChI=1S/C19H22N4O3/c1-12(2)20-17(24)11-23-15-8-5-4-7-14(15)22-18(23)13(3)21-19(25)16-9-6-10-26-16/h4-10,12-13H,11H2,1-3H3,(H,20,24)(H,21,25). The summed E-state index contributed by atoms with van der Waals surface area (Å²) in [7, 11) is 0. The van der Waals surface area contributed by atoms with Gasteiger partial charge in [-0.15, -0.1) is 0 Å². The van der Waals surface area contributed by atoms with Crippen molar-refractivity contribution in [2.45, 2.75) is 39.4 Å². The lowest BCUT2D eigenvalue weighted by Crippen LogP contribution is -2.34. The van der Waals surface area contributed by atoms with Crippen molar-refractivity contribution in [1.29, 1.82) is 0 Å². The molecule has 7 nitrogen and oxygen atoms in total. The van der Waals surface area contributed by atoms with E-state index in [-0.39, 0.29) is 30.2 Å². The van der Waals surface area contributed by atoms with Gasteiger partial charge in [0.1, 0.15) is 12.4 Å². The highest BCUT2D eigenvalue weighted by Gasteiger charge is 2.21. The summed E-state index contributed by atoms with van der Waals surface area (Å²) >= 11 is 0. The van der Waals surface area contributed by atoms with Gasteiger partial charge in [0.2, 0.25) is 5.91 Å². The fourth-order valence-corrected chi connectivity index (χ4v) is 2.84. The summed E-state index contributed by atoms with van der Waals surface area (Å²) in [5.74, 6) is 0.420. The topological polar surface area (TPSA) is 89.2 Å². The number of fused-ring (bicyclic) bond motifs is 1. The van der Waals surface area contributed by atoms with Gasteiger partial charge in [-0.2, -0.15) is 0 Å². The average molecular weight is 354 g/mol. The fraction of sp³-hybridized carbons (Fsp3) is 0.316. The molecule has 0 aliphatic rings. The number of hydrogen-bond donors (Lipinski definition) is 2. The molecule has 1 unspecified atom stereocenters. The number of nitrogens with one attached hydrogen (secondary N) is 2. The number of carbonyl (C=O) groups is 2. The van der Waals surface area contributed by atoms with E-state index in [4.69, 9.17) is 4.42 Å². The third-order valence-corrected chi connectivity index (χ3v) is 3.92. The lowest BCUT2D eigenvalue weighted by Gasteiger charge is -2.16. The van der Waals surface area contributed by atoms with Crippen LogP contribution in [0.4, 0.5) is 0 Å². The summed E-state index contributed by atoms with van der Waals surface area (Å²) in [6, 6.07) is 10.5. The highest BCUT2D eigenvalue weighted by molar-refractivity contribution is 5.91. The van der Waals surface area contributed by atoms with Crippen LogP contribution in [0.3, 0.4) is 0 Å². The number of hydrogen-bond acceptors (Lipinski definition) is 4. The van der Waals surface area contributed by atoms with Crippen molar-refractivity contribution in [2.75, 3.05) is 0 Å². The molecular weight excluding hydrogens is 332 g/mol. The molecule has 0 aliphatic heterocycles. The molecule has 0 bridgehead atoms. The van der Waals surface area contributed by atoms with Crippen molar-refractivity contribution in [1.82, 2.24) is 20.2 Å². The van der Waals surface area contributed by atoms with Crippen LogP contribution in [0.2, 0.25) is 0 Å². The number of amides is 2. The van der Waals surface area contributed by atoms with Crippen LogP contribution < -0.4 is 10.6 Å². The first-order valence-corrected chi connectivity index (χ1v) is 8.54. The minimum absolute atomic E-state index is 0.0526. The molecule has 3 aromatic rings. The van der Waals surface area contributed by atoms with Gasteiger partial charge in [0.15, 0.2) is 5.76 Å². The number of nitrogens with zero attached hydrogens (tertiary/aromatic N) is 2. The molecule has 0 saturated carbocycles. The lowest BCUT2D eigenvalue weighted by molar-refractivity contribution is -0.122. The highest BCUT2D eigenvalue weighted by atomic mass is 16.3. The Morgan fingerprint density at radius 3 is 2.58 bits per heavy atom. The minimum atomic E-state index is -0.396. The molecule has 0 fully saturated rings. The van der Waals surface area contributed by atoms with E-state index in [0.29, 0.717) is 5.82 Å². The summed E-state index contributed by atoms with van der Waals surface area (Å²) in [6.45, 7) is 5.79. The molecule has 3 rings (SSSR count). The Balaban J connectivity index is 1.90. The van der Waals surface area contributed by atoms with Gasteiger partial charge in [-0.3, -0.25) is 9.59 Å². The molecule has 2 amide bonds. The molecule has 2 aromatic heterocycles. The summed E-state index contributed by atoms with van der Waals surface area (Å²) in [6.07, 6.45) is 1.45. The van der Waals surface area contributed by atoms with Crippen LogP contribution in [-0.4, -0.2) is 27.4 Å². The molecule has 2 heterocycles. The zero-order chi connectivity index (χ0) is 18.7. The second kappa shape index (κ2) is 7.43.